The highest BCUT2D eigenvalue weighted by molar-refractivity contribution is 5.94. The van der Waals surface area contributed by atoms with E-state index in [1.165, 1.54) is 6.42 Å². The van der Waals surface area contributed by atoms with Crippen LogP contribution in [-0.2, 0) is 0 Å². The number of amides is 1. The number of carbonyl (C=O) groups excluding carboxylic acids is 1. The normalized spacial score (nSPS) is 26.2. The Kier molecular flexibility index (Phi) is 5.18. The minimum atomic E-state index is -0.152. The summed E-state index contributed by atoms with van der Waals surface area (Å²) in [7, 11) is 0. The van der Waals surface area contributed by atoms with Crippen LogP contribution in [0.3, 0.4) is 0 Å². The molecule has 1 aromatic rings. The highest BCUT2D eigenvalue weighted by Crippen LogP contribution is 2.25. The van der Waals surface area contributed by atoms with Crippen molar-refractivity contribution in [3.05, 3.63) is 29.8 Å². The average molecular weight is 318 g/mol. The molecule has 0 unspecified atom stereocenters. The lowest BCUT2D eigenvalue weighted by molar-refractivity contribution is 0.0306. The third-order valence-corrected chi connectivity index (χ3v) is 5.14. The van der Waals surface area contributed by atoms with Gasteiger partial charge in [-0.3, -0.25) is 9.69 Å². The summed E-state index contributed by atoms with van der Waals surface area (Å²) in [5.41, 5.74) is 0.624. The Morgan fingerprint density at radius 1 is 1.04 bits per heavy atom. The first kappa shape index (κ1) is 16.3. The van der Waals surface area contributed by atoms with E-state index in [0.717, 1.165) is 52.0 Å². The molecular weight excluding hydrogens is 292 g/mol. The summed E-state index contributed by atoms with van der Waals surface area (Å²) in [5, 5.41) is 19.4. The molecule has 23 heavy (non-hydrogen) atoms. The molecule has 2 N–H and O–H groups in total. The Labute approximate surface area is 137 Å². The van der Waals surface area contributed by atoms with Gasteiger partial charge in [-0.1, -0.05) is 12.8 Å². The zero-order valence-electron chi connectivity index (χ0n) is 13.5. The van der Waals surface area contributed by atoms with Crippen LogP contribution in [0.2, 0.25) is 0 Å². The van der Waals surface area contributed by atoms with Crippen LogP contribution in [0.5, 0.6) is 5.75 Å². The Morgan fingerprint density at radius 3 is 2.35 bits per heavy atom. The number of phenols is 1. The summed E-state index contributed by atoms with van der Waals surface area (Å²) >= 11 is 0. The molecule has 1 aliphatic heterocycles. The zero-order chi connectivity index (χ0) is 16.2. The van der Waals surface area contributed by atoms with Crippen LogP contribution in [0.4, 0.5) is 0 Å². The second-order valence-corrected chi connectivity index (χ2v) is 6.75. The minimum Gasteiger partial charge on any atom is -0.508 e. The molecule has 1 saturated heterocycles. The van der Waals surface area contributed by atoms with E-state index in [9.17, 15) is 15.0 Å². The Morgan fingerprint density at radius 2 is 1.70 bits per heavy atom. The van der Waals surface area contributed by atoms with Gasteiger partial charge in [0.15, 0.2) is 0 Å². The van der Waals surface area contributed by atoms with Crippen molar-refractivity contribution >= 4 is 5.91 Å². The molecular formula is C18H26N2O3. The van der Waals surface area contributed by atoms with E-state index in [1.807, 2.05) is 4.90 Å². The lowest BCUT2D eigenvalue weighted by atomic mass is 9.86. The van der Waals surface area contributed by atoms with Crippen molar-refractivity contribution in [1.29, 1.82) is 0 Å². The van der Waals surface area contributed by atoms with Gasteiger partial charge in [0.2, 0.25) is 0 Å². The van der Waals surface area contributed by atoms with Gasteiger partial charge in [-0.15, -0.1) is 0 Å². The topological polar surface area (TPSA) is 64.0 Å². The monoisotopic (exact) mass is 318 g/mol. The molecule has 1 aromatic carbocycles. The van der Waals surface area contributed by atoms with Crippen LogP contribution in [0, 0.1) is 5.92 Å². The van der Waals surface area contributed by atoms with Crippen molar-refractivity contribution in [2.45, 2.75) is 31.8 Å². The molecule has 1 aliphatic carbocycles. The molecule has 2 aliphatic rings. The molecule has 1 amide bonds. The molecule has 3 rings (SSSR count). The number of carbonyl (C=O) groups is 1. The van der Waals surface area contributed by atoms with Crippen molar-refractivity contribution in [2.24, 2.45) is 5.92 Å². The zero-order valence-corrected chi connectivity index (χ0v) is 13.5. The highest BCUT2D eigenvalue weighted by Gasteiger charge is 2.28. The first-order chi connectivity index (χ1) is 11.1. The fraction of sp³-hybridized carbons (Fsp3) is 0.611. The molecule has 2 fully saturated rings. The van der Waals surface area contributed by atoms with Gasteiger partial charge in [0.1, 0.15) is 5.75 Å². The Hall–Kier alpha value is -1.59. The van der Waals surface area contributed by atoms with E-state index < -0.39 is 0 Å². The van der Waals surface area contributed by atoms with E-state index >= 15 is 0 Å². The maximum atomic E-state index is 12.4. The fourth-order valence-corrected chi connectivity index (χ4v) is 3.65. The van der Waals surface area contributed by atoms with Gasteiger partial charge in [0.25, 0.3) is 5.91 Å². The largest absolute Gasteiger partial charge is 0.508 e. The van der Waals surface area contributed by atoms with E-state index in [0.29, 0.717) is 11.5 Å². The summed E-state index contributed by atoms with van der Waals surface area (Å²) in [6.45, 7) is 4.13. The summed E-state index contributed by atoms with van der Waals surface area (Å²) in [5.74, 6) is 0.600. The van der Waals surface area contributed by atoms with Crippen molar-refractivity contribution < 1.29 is 15.0 Å². The van der Waals surface area contributed by atoms with Gasteiger partial charge < -0.3 is 15.1 Å². The second-order valence-electron chi connectivity index (χ2n) is 6.75. The molecule has 0 bridgehead atoms. The van der Waals surface area contributed by atoms with Crippen LogP contribution < -0.4 is 0 Å². The summed E-state index contributed by atoms with van der Waals surface area (Å²) in [4.78, 5) is 16.7. The molecule has 0 radical (unpaired) electrons. The molecule has 5 heteroatoms. The van der Waals surface area contributed by atoms with Gasteiger partial charge in [0, 0.05) is 38.3 Å². The van der Waals surface area contributed by atoms with Crippen molar-refractivity contribution in [2.75, 3.05) is 32.7 Å². The predicted octanol–water partition coefficient (Wildman–Crippen LogP) is 1.70. The van der Waals surface area contributed by atoms with Crippen LogP contribution in [0.1, 0.15) is 36.0 Å². The summed E-state index contributed by atoms with van der Waals surface area (Å²) < 4.78 is 0. The highest BCUT2D eigenvalue weighted by atomic mass is 16.3. The third-order valence-electron chi connectivity index (χ3n) is 5.14. The number of hydrogen-bond acceptors (Lipinski definition) is 4. The van der Waals surface area contributed by atoms with Gasteiger partial charge in [0.05, 0.1) is 6.10 Å². The Balaban J connectivity index is 1.50. The number of benzene rings is 1. The van der Waals surface area contributed by atoms with E-state index in [-0.39, 0.29) is 17.8 Å². The smallest absolute Gasteiger partial charge is 0.253 e. The SMILES string of the molecule is O=C(c1ccc(O)cc1)N1CCN(C[C@@H]2CCCC[C@@H]2O)CC1. The number of piperazine rings is 1. The number of hydrogen-bond donors (Lipinski definition) is 2. The predicted molar refractivity (Wildman–Crippen MR) is 88.4 cm³/mol. The number of aliphatic hydroxyl groups is 1. The number of rotatable bonds is 3. The molecule has 1 saturated carbocycles. The molecule has 2 atom stereocenters. The maximum absolute atomic E-state index is 12.4. The van der Waals surface area contributed by atoms with Crippen molar-refractivity contribution in [3.8, 4) is 5.75 Å². The Bertz CT molecular complexity index is 524. The quantitative estimate of drug-likeness (QED) is 0.890. The maximum Gasteiger partial charge on any atom is 0.253 e. The van der Waals surface area contributed by atoms with Crippen molar-refractivity contribution in [3.63, 3.8) is 0 Å². The van der Waals surface area contributed by atoms with Crippen LogP contribution in [-0.4, -0.2) is 64.7 Å². The van der Waals surface area contributed by atoms with Crippen molar-refractivity contribution in [1.82, 2.24) is 9.80 Å². The molecule has 0 spiro atoms. The van der Waals surface area contributed by atoms with Gasteiger partial charge in [-0.2, -0.15) is 0 Å². The number of aromatic hydroxyl groups is 1. The lowest BCUT2D eigenvalue weighted by Crippen LogP contribution is -2.50. The van der Waals surface area contributed by atoms with E-state index in [4.69, 9.17) is 0 Å². The van der Waals surface area contributed by atoms with Crippen LogP contribution in [0.25, 0.3) is 0 Å². The van der Waals surface area contributed by atoms with E-state index in [1.54, 1.807) is 24.3 Å². The minimum absolute atomic E-state index is 0.0300. The average Bonchev–Trinajstić information content (AvgIpc) is 2.58. The van der Waals surface area contributed by atoms with Gasteiger partial charge in [-0.05, 0) is 43.0 Å². The molecule has 1 heterocycles. The number of nitrogens with zero attached hydrogens (tertiary/aromatic N) is 2. The number of aliphatic hydroxyl groups excluding tert-OH is 1. The van der Waals surface area contributed by atoms with Crippen LogP contribution in [0.15, 0.2) is 24.3 Å². The standard InChI is InChI=1S/C18H26N2O3/c21-16-7-5-14(6-8-16)18(23)20-11-9-19(10-12-20)13-15-3-1-2-4-17(15)22/h5-8,15,17,21-22H,1-4,9-13H2/t15-,17-/m0/s1. The van der Waals surface area contributed by atoms with Crippen LogP contribution >= 0.6 is 0 Å². The molecule has 0 aromatic heterocycles. The first-order valence-electron chi connectivity index (χ1n) is 8.62. The number of phenolic OH excluding ortho intramolecular Hbond substituents is 1. The summed E-state index contributed by atoms with van der Waals surface area (Å²) in [6, 6.07) is 6.44. The molecule has 5 nitrogen and oxygen atoms in total. The molecule has 126 valence electrons. The van der Waals surface area contributed by atoms with E-state index in [2.05, 4.69) is 4.90 Å². The third kappa shape index (κ3) is 4.03. The van der Waals surface area contributed by atoms with Gasteiger partial charge in [-0.25, -0.2) is 0 Å². The fourth-order valence-electron chi connectivity index (χ4n) is 3.65. The first-order valence-corrected chi connectivity index (χ1v) is 8.62. The lowest BCUT2D eigenvalue weighted by Gasteiger charge is -2.38. The summed E-state index contributed by atoms with van der Waals surface area (Å²) in [6.07, 6.45) is 4.27. The second kappa shape index (κ2) is 7.32. The van der Waals surface area contributed by atoms with Gasteiger partial charge >= 0.3 is 0 Å².